The monoisotopic (exact) mass is 343 g/mol. The first kappa shape index (κ1) is 14.4. The number of hydrogen-bond donors (Lipinski definition) is 1. The van der Waals surface area contributed by atoms with Crippen LogP contribution in [-0.2, 0) is 6.54 Å². The lowest BCUT2D eigenvalue weighted by atomic mass is 10.3. The molecule has 0 radical (unpaired) electrons. The molecule has 0 saturated carbocycles. The Morgan fingerprint density at radius 1 is 1.42 bits per heavy atom. The van der Waals surface area contributed by atoms with E-state index in [4.69, 9.17) is 20.8 Å². The third-order valence-corrected chi connectivity index (χ3v) is 3.34. The van der Waals surface area contributed by atoms with Crippen molar-refractivity contribution in [3.8, 4) is 5.75 Å². The highest BCUT2D eigenvalue weighted by molar-refractivity contribution is 9.10. The Morgan fingerprint density at radius 2 is 2.26 bits per heavy atom. The third-order valence-electron chi connectivity index (χ3n) is 2.53. The molecule has 1 aromatic carbocycles. The number of hydrogen-bond acceptors (Lipinski definition) is 3. The van der Waals surface area contributed by atoms with E-state index in [9.17, 15) is 0 Å². The molecular weight excluding hydrogens is 330 g/mol. The summed E-state index contributed by atoms with van der Waals surface area (Å²) in [4.78, 5) is 0. The number of benzene rings is 1. The van der Waals surface area contributed by atoms with E-state index in [2.05, 4.69) is 21.2 Å². The van der Waals surface area contributed by atoms with Crippen LogP contribution in [0.5, 0.6) is 5.75 Å². The van der Waals surface area contributed by atoms with Gasteiger partial charge in [-0.05, 0) is 37.3 Å². The highest BCUT2D eigenvalue weighted by Gasteiger charge is 2.08. The highest BCUT2D eigenvalue weighted by atomic mass is 79.9. The summed E-state index contributed by atoms with van der Waals surface area (Å²) >= 11 is 9.47. The van der Waals surface area contributed by atoms with Crippen LogP contribution < -0.4 is 10.1 Å². The molecule has 0 spiro atoms. The molecule has 19 heavy (non-hydrogen) atoms. The van der Waals surface area contributed by atoms with E-state index >= 15 is 0 Å². The fourth-order valence-corrected chi connectivity index (χ4v) is 2.14. The summed E-state index contributed by atoms with van der Waals surface area (Å²) in [5, 5.41) is 3.88. The number of rotatable bonds is 6. The van der Waals surface area contributed by atoms with Gasteiger partial charge in [0.15, 0.2) is 0 Å². The maximum atomic E-state index is 6.07. The highest BCUT2D eigenvalue weighted by Crippen LogP contribution is 2.28. The van der Waals surface area contributed by atoms with Gasteiger partial charge in [-0.15, -0.1) is 0 Å². The molecule has 1 N–H and O–H groups in total. The number of ether oxygens (including phenoxy) is 1. The molecule has 102 valence electrons. The summed E-state index contributed by atoms with van der Waals surface area (Å²) in [6, 6.07) is 9.37. The largest absolute Gasteiger partial charge is 0.488 e. The van der Waals surface area contributed by atoms with Gasteiger partial charge >= 0.3 is 0 Å². The molecule has 0 bridgehead atoms. The fraction of sp³-hybridized carbons (Fsp3) is 0.286. The fourth-order valence-electron chi connectivity index (χ4n) is 1.64. The Hall–Kier alpha value is -0.970. The standard InChI is InChI=1S/C14H15BrClNO2/c1-10(8-17-9-12-3-2-6-18-12)19-14-7-11(15)4-5-13(14)16/h2-7,10,17H,8-9H2,1H3. The van der Waals surface area contributed by atoms with Gasteiger partial charge in [0.25, 0.3) is 0 Å². The first-order chi connectivity index (χ1) is 9.15. The van der Waals surface area contributed by atoms with Crippen LogP contribution in [0.15, 0.2) is 45.5 Å². The molecule has 0 fully saturated rings. The van der Waals surface area contributed by atoms with Crippen molar-refractivity contribution in [2.75, 3.05) is 6.54 Å². The topological polar surface area (TPSA) is 34.4 Å². The molecular formula is C14H15BrClNO2. The minimum Gasteiger partial charge on any atom is -0.488 e. The van der Waals surface area contributed by atoms with Gasteiger partial charge in [-0.1, -0.05) is 27.5 Å². The molecule has 0 aliphatic heterocycles. The number of furan rings is 1. The summed E-state index contributed by atoms with van der Waals surface area (Å²) in [7, 11) is 0. The Morgan fingerprint density at radius 3 is 3.00 bits per heavy atom. The smallest absolute Gasteiger partial charge is 0.139 e. The maximum Gasteiger partial charge on any atom is 0.139 e. The van der Waals surface area contributed by atoms with Crippen molar-refractivity contribution in [3.05, 3.63) is 51.9 Å². The van der Waals surface area contributed by atoms with Gasteiger partial charge in [0.1, 0.15) is 17.6 Å². The molecule has 0 amide bonds. The Bertz CT molecular complexity index is 516. The summed E-state index contributed by atoms with van der Waals surface area (Å²) < 4.78 is 12.0. The first-order valence-electron chi connectivity index (χ1n) is 6.00. The molecule has 5 heteroatoms. The molecule has 0 saturated heterocycles. The molecule has 0 aliphatic rings. The molecule has 3 nitrogen and oxygen atoms in total. The van der Waals surface area contributed by atoms with Gasteiger partial charge in [0, 0.05) is 11.0 Å². The molecule has 1 atom stereocenters. The van der Waals surface area contributed by atoms with E-state index in [1.807, 2.05) is 37.3 Å². The lowest BCUT2D eigenvalue weighted by molar-refractivity contribution is 0.215. The number of halogens is 2. The second-order valence-electron chi connectivity index (χ2n) is 4.21. The van der Waals surface area contributed by atoms with Crippen molar-refractivity contribution >= 4 is 27.5 Å². The average Bonchev–Trinajstić information content (AvgIpc) is 2.87. The zero-order chi connectivity index (χ0) is 13.7. The van der Waals surface area contributed by atoms with Gasteiger partial charge in [-0.3, -0.25) is 0 Å². The first-order valence-corrected chi connectivity index (χ1v) is 7.17. The van der Waals surface area contributed by atoms with Crippen molar-refractivity contribution in [1.82, 2.24) is 5.32 Å². The zero-order valence-corrected chi connectivity index (χ0v) is 12.9. The molecule has 1 aromatic heterocycles. The van der Waals surface area contributed by atoms with E-state index in [0.717, 1.165) is 10.2 Å². The van der Waals surface area contributed by atoms with Crippen molar-refractivity contribution in [3.63, 3.8) is 0 Å². The summed E-state index contributed by atoms with van der Waals surface area (Å²) in [6.07, 6.45) is 1.68. The summed E-state index contributed by atoms with van der Waals surface area (Å²) in [5.41, 5.74) is 0. The van der Waals surface area contributed by atoms with Gasteiger partial charge in [0.05, 0.1) is 17.8 Å². The SMILES string of the molecule is CC(CNCc1ccco1)Oc1cc(Br)ccc1Cl. The molecule has 2 aromatic rings. The van der Waals surface area contributed by atoms with Gasteiger partial charge < -0.3 is 14.5 Å². The van der Waals surface area contributed by atoms with Crippen LogP contribution in [-0.4, -0.2) is 12.6 Å². The van der Waals surface area contributed by atoms with Crippen molar-refractivity contribution < 1.29 is 9.15 Å². The van der Waals surface area contributed by atoms with Crippen LogP contribution in [0.1, 0.15) is 12.7 Å². The summed E-state index contributed by atoms with van der Waals surface area (Å²) in [5.74, 6) is 1.59. The van der Waals surface area contributed by atoms with Crippen LogP contribution >= 0.6 is 27.5 Å². The van der Waals surface area contributed by atoms with Gasteiger partial charge in [0.2, 0.25) is 0 Å². The zero-order valence-electron chi connectivity index (χ0n) is 10.5. The minimum absolute atomic E-state index is 0.0155. The third kappa shape index (κ3) is 4.56. The molecule has 1 unspecified atom stereocenters. The normalized spacial score (nSPS) is 12.4. The molecule has 0 aliphatic carbocycles. The average molecular weight is 345 g/mol. The van der Waals surface area contributed by atoms with E-state index in [0.29, 0.717) is 23.9 Å². The summed E-state index contributed by atoms with van der Waals surface area (Å²) in [6.45, 7) is 3.39. The lowest BCUT2D eigenvalue weighted by Gasteiger charge is -2.16. The molecule has 1 heterocycles. The maximum absolute atomic E-state index is 6.07. The minimum atomic E-state index is 0.0155. The Balaban J connectivity index is 1.80. The van der Waals surface area contributed by atoms with Crippen LogP contribution in [0.4, 0.5) is 0 Å². The van der Waals surface area contributed by atoms with E-state index in [1.165, 1.54) is 0 Å². The van der Waals surface area contributed by atoms with Gasteiger partial charge in [-0.25, -0.2) is 0 Å². The Kier molecular flexibility index (Phi) is 5.31. The quantitative estimate of drug-likeness (QED) is 0.850. The van der Waals surface area contributed by atoms with Crippen molar-refractivity contribution in [2.24, 2.45) is 0 Å². The molecule has 2 rings (SSSR count). The van der Waals surface area contributed by atoms with Crippen LogP contribution in [0.25, 0.3) is 0 Å². The second-order valence-corrected chi connectivity index (χ2v) is 5.54. The number of nitrogens with one attached hydrogen (secondary N) is 1. The predicted octanol–water partition coefficient (Wildman–Crippen LogP) is 4.25. The van der Waals surface area contributed by atoms with E-state index < -0.39 is 0 Å². The van der Waals surface area contributed by atoms with Crippen LogP contribution in [0, 0.1) is 0 Å². The van der Waals surface area contributed by atoms with E-state index in [-0.39, 0.29) is 6.10 Å². The Labute approximate surface area is 126 Å². The van der Waals surface area contributed by atoms with Gasteiger partial charge in [-0.2, -0.15) is 0 Å². The van der Waals surface area contributed by atoms with Crippen molar-refractivity contribution in [1.29, 1.82) is 0 Å². The van der Waals surface area contributed by atoms with Crippen molar-refractivity contribution in [2.45, 2.75) is 19.6 Å². The van der Waals surface area contributed by atoms with E-state index in [1.54, 1.807) is 6.26 Å². The predicted molar refractivity (Wildman–Crippen MR) is 79.7 cm³/mol. The van der Waals surface area contributed by atoms with Crippen LogP contribution in [0.2, 0.25) is 5.02 Å². The lowest BCUT2D eigenvalue weighted by Crippen LogP contribution is -2.28. The second kappa shape index (κ2) is 6.98. The van der Waals surface area contributed by atoms with Crippen LogP contribution in [0.3, 0.4) is 0 Å².